The third-order valence-electron chi connectivity index (χ3n) is 5.13. The van der Waals surface area contributed by atoms with Gasteiger partial charge in [-0.3, -0.25) is 4.79 Å². The van der Waals surface area contributed by atoms with Crippen molar-refractivity contribution in [2.24, 2.45) is 0 Å². The Kier molecular flexibility index (Phi) is 9.73. The van der Waals surface area contributed by atoms with Crippen LogP contribution >= 0.6 is 0 Å². The van der Waals surface area contributed by atoms with Crippen LogP contribution in [-0.2, 0) is 6.54 Å². The first-order valence-corrected chi connectivity index (χ1v) is 10.7. The van der Waals surface area contributed by atoms with Gasteiger partial charge in [0.1, 0.15) is 5.69 Å². The van der Waals surface area contributed by atoms with E-state index in [9.17, 15) is 4.79 Å². The highest BCUT2D eigenvalue weighted by atomic mass is 16.5. The average molecular weight is 445 g/mol. The smallest absolute Gasteiger partial charge is 0.164 e. The standard InChI is InChI=1S/C27H28N2O2.CH4O/c1-6-8-24-23(7-2)25(18(3)30)27(31-5)26(29-24)22-15-13-21(14-16-22)20-11-9-19(10-12-20)17-28-4;1-2/h6-16,28H,2,17H2,1,3-5H3;2H,1H3/b8-6-;. The van der Waals surface area contributed by atoms with Gasteiger partial charge >= 0.3 is 0 Å². The van der Waals surface area contributed by atoms with Gasteiger partial charge < -0.3 is 15.2 Å². The lowest BCUT2D eigenvalue weighted by Crippen LogP contribution is -2.07. The number of pyridine rings is 1. The Morgan fingerprint density at radius 1 is 1.06 bits per heavy atom. The van der Waals surface area contributed by atoms with Gasteiger partial charge in [-0.1, -0.05) is 67.3 Å². The van der Waals surface area contributed by atoms with Crippen molar-refractivity contribution in [3.8, 4) is 28.1 Å². The van der Waals surface area contributed by atoms with Crippen molar-refractivity contribution in [2.45, 2.75) is 20.4 Å². The fraction of sp³-hybridized carbons (Fsp3) is 0.214. The number of methoxy groups -OCH3 is 1. The summed E-state index contributed by atoms with van der Waals surface area (Å²) in [6.45, 7) is 8.17. The van der Waals surface area contributed by atoms with E-state index in [2.05, 4.69) is 48.3 Å². The molecule has 5 nitrogen and oxygen atoms in total. The molecule has 2 N–H and O–H groups in total. The van der Waals surface area contributed by atoms with E-state index in [0.29, 0.717) is 28.3 Å². The number of aromatic nitrogens is 1. The van der Waals surface area contributed by atoms with Gasteiger partial charge in [-0.2, -0.15) is 0 Å². The van der Waals surface area contributed by atoms with Gasteiger partial charge in [0.25, 0.3) is 0 Å². The van der Waals surface area contributed by atoms with Crippen LogP contribution in [-0.4, -0.2) is 37.1 Å². The number of ether oxygens (including phenoxy) is 1. The van der Waals surface area contributed by atoms with E-state index in [0.717, 1.165) is 30.3 Å². The molecule has 0 aliphatic rings. The molecular weight excluding hydrogens is 412 g/mol. The number of Topliss-reactive ketones (excluding diaryl/α,β-unsaturated/α-hetero) is 1. The molecule has 0 aliphatic heterocycles. The molecule has 0 saturated heterocycles. The van der Waals surface area contributed by atoms with Crippen LogP contribution in [0.15, 0.2) is 61.2 Å². The van der Waals surface area contributed by atoms with E-state index >= 15 is 0 Å². The number of nitrogens with zero attached hydrogens (tertiary/aromatic N) is 1. The molecule has 1 heterocycles. The van der Waals surface area contributed by atoms with Crippen molar-refractivity contribution >= 4 is 17.9 Å². The number of allylic oxidation sites excluding steroid dienone is 1. The first-order chi connectivity index (χ1) is 16.0. The number of carbonyl (C=O) groups excluding carboxylic acids is 1. The Bertz CT molecular complexity index is 1120. The number of hydrogen-bond donors (Lipinski definition) is 2. The summed E-state index contributed by atoms with van der Waals surface area (Å²) >= 11 is 0. The summed E-state index contributed by atoms with van der Waals surface area (Å²) in [7, 11) is 4.51. The first-order valence-electron chi connectivity index (χ1n) is 10.7. The minimum absolute atomic E-state index is 0.0839. The summed E-state index contributed by atoms with van der Waals surface area (Å²) < 4.78 is 5.66. The van der Waals surface area contributed by atoms with Crippen molar-refractivity contribution in [1.29, 1.82) is 0 Å². The molecule has 0 atom stereocenters. The second kappa shape index (κ2) is 12.5. The van der Waals surface area contributed by atoms with Gasteiger partial charge in [-0.15, -0.1) is 0 Å². The van der Waals surface area contributed by atoms with E-state index in [1.165, 1.54) is 12.5 Å². The maximum atomic E-state index is 12.5. The maximum absolute atomic E-state index is 12.5. The molecule has 0 radical (unpaired) electrons. The summed E-state index contributed by atoms with van der Waals surface area (Å²) in [5.74, 6) is 0.388. The Labute approximate surface area is 196 Å². The fourth-order valence-electron chi connectivity index (χ4n) is 3.68. The van der Waals surface area contributed by atoms with Gasteiger partial charge in [0, 0.05) is 24.8 Å². The van der Waals surface area contributed by atoms with Crippen molar-refractivity contribution < 1.29 is 14.6 Å². The minimum Gasteiger partial charge on any atom is -0.494 e. The molecule has 0 amide bonds. The molecule has 172 valence electrons. The Morgan fingerprint density at radius 2 is 1.61 bits per heavy atom. The van der Waals surface area contributed by atoms with E-state index in [1.54, 1.807) is 13.2 Å². The molecule has 0 fully saturated rings. The summed E-state index contributed by atoms with van der Waals surface area (Å²) in [4.78, 5) is 17.3. The lowest BCUT2D eigenvalue weighted by Gasteiger charge is -2.17. The molecule has 1 aromatic heterocycles. The van der Waals surface area contributed by atoms with Crippen molar-refractivity contribution in [2.75, 3.05) is 21.3 Å². The van der Waals surface area contributed by atoms with E-state index in [4.69, 9.17) is 14.8 Å². The molecule has 0 bridgehead atoms. The predicted octanol–water partition coefficient (Wildman–Crippen LogP) is 5.63. The van der Waals surface area contributed by atoms with Crippen LogP contribution in [0.5, 0.6) is 5.75 Å². The molecule has 0 spiro atoms. The highest BCUT2D eigenvalue weighted by molar-refractivity contribution is 6.03. The second-order valence-corrected chi connectivity index (χ2v) is 7.23. The molecule has 0 aliphatic carbocycles. The number of benzene rings is 2. The van der Waals surface area contributed by atoms with Crippen LogP contribution in [0.3, 0.4) is 0 Å². The average Bonchev–Trinajstić information content (AvgIpc) is 2.85. The van der Waals surface area contributed by atoms with Crippen molar-refractivity contribution in [1.82, 2.24) is 10.3 Å². The van der Waals surface area contributed by atoms with Crippen LogP contribution < -0.4 is 10.1 Å². The van der Waals surface area contributed by atoms with Crippen LogP contribution in [0.2, 0.25) is 0 Å². The zero-order valence-electron chi connectivity index (χ0n) is 20.0. The van der Waals surface area contributed by atoms with Crippen molar-refractivity contribution in [3.05, 3.63) is 83.6 Å². The monoisotopic (exact) mass is 444 g/mol. The molecule has 0 saturated carbocycles. The van der Waals surface area contributed by atoms with Gasteiger partial charge in [0.2, 0.25) is 0 Å². The van der Waals surface area contributed by atoms with Gasteiger partial charge in [-0.25, -0.2) is 4.98 Å². The summed E-state index contributed by atoms with van der Waals surface area (Å²) in [6.07, 6.45) is 5.44. The lowest BCUT2D eigenvalue weighted by molar-refractivity contribution is 0.101. The number of carbonyl (C=O) groups is 1. The quantitative estimate of drug-likeness (QED) is 0.441. The summed E-state index contributed by atoms with van der Waals surface area (Å²) in [5, 5.41) is 10.2. The second-order valence-electron chi connectivity index (χ2n) is 7.23. The lowest BCUT2D eigenvalue weighted by atomic mass is 9.96. The number of nitrogens with one attached hydrogen (secondary N) is 1. The third-order valence-corrected chi connectivity index (χ3v) is 5.13. The highest BCUT2D eigenvalue weighted by Crippen LogP contribution is 2.37. The normalized spacial score (nSPS) is 10.5. The molecule has 3 aromatic rings. The minimum atomic E-state index is -0.0839. The number of ketones is 1. The zero-order valence-corrected chi connectivity index (χ0v) is 20.0. The zero-order chi connectivity index (χ0) is 24.4. The van der Waals surface area contributed by atoms with Crippen LogP contribution in [0.25, 0.3) is 34.5 Å². The number of aliphatic hydroxyl groups is 1. The Morgan fingerprint density at radius 3 is 2.06 bits per heavy atom. The maximum Gasteiger partial charge on any atom is 0.164 e. The number of rotatable bonds is 8. The Hall–Kier alpha value is -3.54. The highest BCUT2D eigenvalue weighted by Gasteiger charge is 2.22. The van der Waals surface area contributed by atoms with E-state index in [-0.39, 0.29) is 5.78 Å². The molecule has 3 rings (SSSR count). The molecule has 0 unspecified atom stereocenters. The SMILES string of the molecule is C=Cc1c(/C=C\C)nc(-c2ccc(-c3ccc(CNC)cc3)cc2)c(OC)c1C(C)=O.CO. The van der Waals surface area contributed by atoms with E-state index in [1.807, 2.05) is 38.3 Å². The fourth-order valence-corrected chi connectivity index (χ4v) is 3.68. The molecular formula is C28H32N2O3. The van der Waals surface area contributed by atoms with Gasteiger partial charge in [0.15, 0.2) is 11.5 Å². The molecule has 33 heavy (non-hydrogen) atoms. The Balaban J connectivity index is 0.00000187. The largest absolute Gasteiger partial charge is 0.494 e. The third kappa shape index (κ3) is 5.83. The summed E-state index contributed by atoms with van der Waals surface area (Å²) in [6, 6.07) is 16.6. The molecule has 5 heteroatoms. The predicted molar refractivity (Wildman–Crippen MR) is 137 cm³/mol. The molecule has 2 aromatic carbocycles. The van der Waals surface area contributed by atoms with Crippen molar-refractivity contribution in [3.63, 3.8) is 0 Å². The first kappa shape index (κ1) is 25.7. The van der Waals surface area contributed by atoms with Crippen LogP contribution in [0.1, 0.15) is 41.0 Å². The van der Waals surface area contributed by atoms with Crippen LogP contribution in [0.4, 0.5) is 0 Å². The number of aliphatic hydroxyl groups excluding tert-OH is 1. The van der Waals surface area contributed by atoms with Gasteiger partial charge in [-0.05, 0) is 43.7 Å². The van der Waals surface area contributed by atoms with Gasteiger partial charge in [0.05, 0.1) is 18.4 Å². The van der Waals surface area contributed by atoms with E-state index < -0.39 is 0 Å². The summed E-state index contributed by atoms with van der Waals surface area (Å²) in [5.41, 5.74) is 6.91. The number of hydrogen-bond acceptors (Lipinski definition) is 5. The topological polar surface area (TPSA) is 71.5 Å². The van der Waals surface area contributed by atoms with Crippen LogP contribution in [0, 0.1) is 0 Å².